The fourth-order valence-electron chi connectivity index (χ4n) is 1.80. The molecule has 0 bridgehead atoms. The molecule has 1 aliphatic rings. The summed E-state index contributed by atoms with van der Waals surface area (Å²) in [6.45, 7) is 5.35. The third-order valence-electron chi connectivity index (χ3n) is 2.93. The predicted octanol–water partition coefficient (Wildman–Crippen LogP) is 1.91. The van der Waals surface area contributed by atoms with Crippen molar-refractivity contribution in [1.82, 2.24) is 10.5 Å². The zero-order valence-electron chi connectivity index (χ0n) is 11.1. The SMILES string of the molecule is CC(C)(C)c1cc(NC(=O)[C@@H]2CC(F)(F)CN2)no1. The summed E-state index contributed by atoms with van der Waals surface area (Å²) in [6.07, 6.45) is -0.497. The van der Waals surface area contributed by atoms with Gasteiger partial charge in [-0.1, -0.05) is 25.9 Å². The van der Waals surface area contributed by atoms with Gasteiger partial charge in [-0.3, -0.25) is 10.1 Å². The Bertz CT molecular complexity index is 480. The van der Waals surface area contributed by atoms with Crippen molar-refractivity contribution in [2.45, 2.75) is 44.6 Å². The highest BCUT2D eigenvalue weighted by Gasteiger charge is 2.42. The summed E-state index contributed by atoms with van der Waals surface area (Å²) >= 11 is 0. The van der Waals surface area contributed by atoms with Gasteiger partial charge in [0.05, 0.1) is 12.6 Å². The highest BCUT2D eigenvalue weighted by Crippen LogP contribution is 2.27. The molecular formula is C12H17F2N3O2. The normalized spacial score (nSPS) is 22.5. The maximum atomic E-state index is 13.0. The van der Waals surface area contributed by atoms with Gasteiger partial charge in [0, 0.05) is 17.9 Å². The van der Waals surface area contributed by atoms with Crippen LogP contribution in [0.25, 0.3) is 0 Å². The van der Waals surface area contributed by atoms with E-state index in [4.69, 9.17) is 4.52 Å². The van der Waals surface area contributed by atoms with Gasteiger partial charge in [0.2, 0.25) is 5.91 Å². The average molecular weight is 273 g/mol. The highest BCUT2D eigenvalue weighted by atomic mass is 19.3. The molecular weight excluding hydrogens is 256 g/mol. The largest absolute Gasteiger partial charge is 0.359 e. The number of hydrogen-bond acceptors (Lipinski definition) is 4. The predicted molar refractivity (Wildman–Crippen MR) is 65.2 cm³/mol. The Labute approximate surface area is 109 Å². The fraction of sp³-hybridized carbons (Fsp3) is 0.667. The molecule has 7 heteroatoms. The van der Waals surface area contributed by atoms with Gasteiger partial charge in [-0.2, -0.15) is 0 Å². The van der Waals surface area contributed by atoms with Crippen LogP contribution >= 0.6 is 0 Å². The van der Waals surface area contributed by atoms with E-state index in [1.807, 2.05) is 20.8 Å². The number of carbonyl (C=O) groups is 1. The van der Waals surface area contributed by atoms with Gasteiger partial charge in [0.15, 0.2) is 5.82 Å². The smallest absolute Gasteiger partial charge is 0.262 e. The van der Waals surface area contributed by atoms with E-state index in [9.17, 15) is 13.6 Å². The number of anilines is 1. The number of halogens is 2. The van der Waals surface area contributed by atoms with Crippen molar-refractivity contribution in [2.75, 3.05) is 11.9 Å². The number of rotatable bonds is 2. The lowest BCUT2D eigenvalue weighted by molar-refractivity contribution is -0.118. The van der Waals surface area contributed by atoms with E-state index in [1.54, 1.807) is 6.07 Å². The van der Waals surface area contributed by atoms with Crippen LogP contribution < -0.4 is 10.6 Å². The zero-order valence-corrected chi connectivity index (χ0v) is 11.1. The van der Waals surface area contributed by atoms with Gasteiger partial charge < -0.3 is 9.84 Å². The lowest BCUT2D eigenvalue weighted by Crippen LogP contribution is -2.35. The van der Waals surface area contributed by atoms with E-state index in [-0.39, 0.29) is 11.2 Å². The standard InChI is InChI=1S/C12H17F2N3O2/c1-11(2,3)8-4-9(17-19-8)16-10(18)7-5-12(13,14)6-15-7/h4,7,15H,5-6H2,1-3H3,(H,16,17,18)/t7-/m0/s1. The lowest BCUT2D eigenvalue weighted by Gasteiger charge is -2.12. The van der Waals surface area contributed by atoms with Crippen LogP contribution in [-0.2, 0) is 10.2 Å². The summed E-state index contributed by atoms with van der Waals surface area (Å²) < 4.78 is 31.1. The Kier molecular flexibility index (Phi) is 3.34. The fourth-order valence-corrected chi connectivity index (χ4v) is 1.80. The molecule has 2 N–H and O–H groups in total. The van der Waals surface area contributed by atoms with Crippen molar-refractivity contribution in [1.29, 1.82) is 0 Å². The molecule has 1 saturated heterocycles. The van der Waals surface area contributed by atoms with Crippen molar-refractivity contribution in [2.24, 2.45) is 0 Å². The summed E-state index contributed by atoms with van der Waals surface area (Å²) in [5.41, 5.74) is -0.228. The van der Waals surface area contributed by atoms with Crippen LogP contribution in [0.4, 0.5) is 14.6 Å². The topological polar surface area (TPSA) is 67.2 Å². The molecule has 2 rings (SSSR count). The molecule has 0 radical (unpaired) electrons. The monoisotopic (exact) mass is 273 g/mol. The lowest BCUT2D eigenvalue weighted by atomic mass is 9.93. The second-order valence-electron chi connectivity index (χ2n) is 5.81. The van der Waals surface area contributed by atoms with Crippen molar-refractivity contribution >= 4 is 11.7 Å². The minimum atomic E-state index is -2.83. The molecule has 106 valence electrons. The molecule has 1 aromatic rings. The highest BCUT2D eigenvalue weighted by molar-refractivity contribution is 5.94. The van der Waals surface area contributed by atoms with Gasteiger partial charge >= 0.3 is 0 Å². The Morgan fingerprint density at radius 3 is 2.74 bits per heavy atom. The van der Waals surface area contributed by atoms with E-state index in [0.717, 1.165) is 0 Å². The molecule has 2 heterocycles. The molecule has 0 spiro atoms. The third-order valence-corrected chi connectivity index (χ3v) is 2.93. The summed E-state index contributed by atoms with van der Waals surface area (Å²) in [6, 6.07) is 0.704. The molecule has 1 fully saturated rings. The average Bonchev–Trinajstić information content (AvgIpc) is 2.83. The minimum Gasteiger partial charge on any atom is -0.359 e. The van der Waals surface area contributed by atoms with Crippen LogP contribution in [0.5, 0.6) is 0 Å². The Balaban J connectivity index is 1.98. The number of amides is 1. The van der Waals surface area contributed by atoms with E-state index >= 15 is 0 Å². The molecule has 5 nitrogen and oxygen atoms in total. The molecule has 1 aromatic heterocycles. The molecule has 1 atom stereocenters. The van der Waals surface area contributed by atoms with Crippen molar-refractivity contribution in [3.8, 4) is 0 Å². The number of nitrogens with one attached hydrogen (secondary N) is 2. The van der Waals surface area contributed by atoms with E-state index in [2.05, 4.69) is 15.8 Å². The molecule has 0 aromatic carbocycles. The number of carbonyl (C=O) groups excluding carboxylic acids is 1. The second kappa shape index (κ2) is 4.56. The van der Waals surface area contributed by atoms with Gasteiger partial charge in [-0.15, -0.1) is 0 Å². The first-order valence-electron chi connectivity index (χ1n) is 6.07. The molecule has 19 heavy (non-hydrogen) atoms. The molecule has 1 aliphatic heterocycles. The van der Waals surface area contributed by atoms with E-state index in [0.29, 0.717) is 5.76 Å². The number of nitrogens with zero attached hydrogens (tertiary/aromatic N) is 1. The minimum absolute atomic E-state index is 0.228. The van der Waals surface area contributed by atoms with Crippen LogP contribution in [0.1, 0.15) is 33.0 Å². The Morgan fingerprint density at radius 1 is 1.58 bits per heavy atom. The van der Waals surface area contributed by atoms with E-state index < -0.39 is 30.8 Å². The zero-order chi connectivity index (χ0) is 14.3. The molecule has 0 saturated carbocycles. The summed E-state index contributed by atoms with van der Waals surface area (Å²) in [7, 11) is 0. The van der Waals surface area contributed by atoms with Crippen molar-refractivity contribution in [3.05, 3.63) is 11.8 Å². The second-order valence-corrected chi connectivity index (χ2v) is 5.81. The van der Waals surface area contributed by atoms with Gasteiger partial charge in [-0.05, 0) is 0 Å². The van der Waals surface area contributed by atoms with Gasteiger partial charge in [-0.25, -0.2) is 8.78 Å². The summed E-state index contributed by atoms with van der Waals surface area (Å²) in [5, 5.41) is 8.67. The van der Waals surface area contributed by atoms with Crippen LogP contribution in [0.3, 0.4) is 0 Å². The van der Waals surface area contributed by atoms with Gasteiger partial charge in [0.1, 0.15) is 5.76 Å². The van der Waals surface area contributed by atoms with Crippen molar-refractivity contribution in [3.63, 3.8) is 0 Å². The maximum absolute atomic E-state index is 13.0. The number of alkyl halides is 2. The summed E-state index contributed by atoms with van der Waals surface area (Å²) in [4.78, 5) is 11.8. The quantitative estimate of drug-likeness (QED) is 0.863. The van der Waals surface area contributed by atoms with Gasteiger partial charge in [0.25, 0.3) is 5.92 Å². The Morgan fingerprint density at radius 2 is 2.26 bits per heavy atom. The Hall–Kier alpha value is -1.50. The number of hydrogen-bond donors (Lipinski definition) is 2. The molecule has 0 unspecified atom stereocenters. The van der Waals surface area contributed by atoms with Crippen LogP contribution in [0.15, 0.2) is 10.6 Å². The van der Waals surface area contributed by atoms with Crippen molar-refractivity contribution < 1.29 is 18.1 Å². The maximum Gasteiger partial charge on any atom is 0.262 e. The summed E-state index contributed by atoms with van der Waals surface area (Å²) in [5.74, 6) is -2.49. The molecule has 0 aliphatic carbocycles. The first-order chi connectivity index (χ1) is 8.67. The first-order valence-corrected chi connectivity index (χ1v) is 6.07. The molecule has 1 amide bonds. The number of aromatic nitrogens is 1. The van der Waals surface area contributed by atoms with Crippen LogP contribution in [-0.4, -0.2) is 29.6 Å². The third kappa shape index (κ3) is 3.28. The van der Waals surface area contributed by atoms with Crippen LogP contribution in [0.2, 0.25) is 0 Å². The van der Waals surface area contributed by atoms with Crippen LogP contribution in [0, 0.1) is 0 Å². The van der Waals surface area contributed by atoms with E-state index in [1.165, 1.54) is 0 Å². The first kappa shape index (κ1) is 13.9.